The van der Waals surface area contributed by atoms with Crippen LogP contribution in [0.3, 0.4) is 0 Å². The first-order chi connectivity index (χ1) is 14.0. The molecule has 0 atom stereocenters. The van der Waals surface area contributed by atoms with E-state index in [0.717, 1.165) is 6.07 Å². The molecule has 0 saturated carbocycles. The summed E-state index contributed by atoms with van der Waals surface area (Å²) in [4.78, 5) is 25.6. The number of nitro benzene ring substituents is 1. The average Bonchev–Trinajstić information content (AvgIpc) is 2.73. The third-order valence-electron chi connectivity index (χ3n) is 3.81. The molecule has 0 saturated heterocycles. The van der Waals surface area contributed by atoms with Crippen molar-refractivity contribution in [3.8, 4) is 11.6 Å². The fraction of sp³-hybridized carbons (Fsp3) is 0.100. The molecular formula is C20H17N3O6. The Hall–Kier alpha value is -4.14. The van der Waals surface area contributed by atoms with Crippen molar-refractivity contribution < 1.29 is 24.3 Å². The predicted molar refractivity (Wildman–Crippen MR) is 105 cm³/mol. The van der Waals surface area contributed by atoms with Crippen molar-refractivity contribution in [3.05, 3.63) is 82.5 Å². The molecule has 0 bridgehead atoms. The number of hydrogen-bond donors (Lipinski definition) is 2. The fourth-order valence-corrected chi connectivity index (χ4v) is 2.45. The Bertz CT molecular complexity index is 993. The summed E-state index contributed by atoms with van der Waals surface area (Å²) in [6, 6.07) is 15.9. The van der Waals surface area contributed by atoms with Crippen molar-refractivity contribution in [2.45, 2.75) is 0 Å². The van der Waals surface area contributed by atoms with E-state index in [1.165, 1.54) is 12.1 Å². The van der Waals surface area contributed by atoms with Gasteiger partial charge in [-0.15, -0.1) is 0 Å². The van der Waals surface area contributed by atoms with Crippen molar-refractivity contribution in [3.63, 3.8) is 0 Å². The minimum absolute atomic E-state index is 0.154. The lowest BCUT2D eigenvalue weighted by molar-refractivity contribution is -0.383. The zero-order chi connectivity index (χ0) is 20.6. The van der Waals surface area contributed by atoms with Crippen molar-refractivity contribution in [1.82, 2.24) is 4.98 Å². The van der Waals surface area contributed by atoms with E-state index < -0.39 is 10.9 Å². The lowest BCUT2D eigenvalue weighted by Crippen LogP contribution is -2.09. The van der Waals surface area contributed by atoms with Gasteiger partial charge in [-0.1, -0.05) is 6.07 Å². The van der Waals surface area contributed by atoms with Gasteiger partial charge in [-0.25, -0.2) is 9.78 Å². The van der Waals surface area contributed by atoms with Crippen LogP contribution >= 0.6 is 0 Å². The normalized spacial score (nSPS) is 10.2. The van der Waals surface area contributed by atoms with Gasteiger partial charge >= 0.3 is 5.97 Å². The Morgan fingerprint density at radius 1 is 1.07 bits per heavy atom. The smallest absolute Gasteiger partial charge is 0.335 e. The molecule has 0 aliphatic carbocycles. The third-order valence-corrected chi connectivity index (χ3v) is 3.81. The number of carboxylic acids is 1. The van der Waals surface area contributed by atoms with Crippen LogP contribution in [0.4, 0.5) is 17.1 Å². The van der Waals surface area contributed by atoms with Crippen LogP contribution in [0.5, 0.6) is 11.6 Å². The van der Waals surface area contributed by atoms with E-state index in [4.69, 9.17) is 14.6 Å². The van der Waals surface area contributed by atoms with Crippen LogP contribution in [-0.2, 0) is 0 Å². The van der Waals surface area contributed by atoms with E-state index in [9.17, 15) is 14.9 Å². The predicted octanol–water partition coefficient (Wildman–Crippen LogP) is 3.89. The van der Waals surface area contributed by atoms with Gasteiger partial charge in [0.15, 0.2) is 0 Å². The highest BCUT2D eigenvalue weighted by atomic mass is 16.6. The van der Waals surface area contributed by atoms with E-state index >= 15 is 0 Å². The van der Waals surface area contributed by atoms with E-state index in [-0.39, 0.29) is 16.9 Å². The number of nitrogens with zero attached hydrogens (tertiary/aromatic N) is 2. The highest BCUT2D eigenvalue weighted by Crippen LogP contribution is 2.29. The molecule has 0 aliphatic rings. The van der Waals surface area contributed by atoms with Gasteiger partial charge in [0.05, 0.1) is 10.5 Å². The molecule has 9 heteroatoms. The van der Waals surface area contributed by atoms with E-state index in [1.54, 1.807) is 42.6 Å². The zero-order valence-electron chi connectivity index (χ0n) is 15.1. The van der Waals surface area contributed by atoms with Gasteiger partial charge in [-0.3, -0.25) is 10.1 Å². The number of anilines is 2. The summed E-state index contributed by atoms with van der Waals surface area (Å²) in [7, 11) is 0. The Morgan fingerprint density at radius 3 is 2.48 bits per heavy atom. The van der Waals surface area contributed by atoms with Gasteiger partial charge in [-0.2, -0.15) is 0 Å². The van der Waals surface area contributed by atoms with Crippen LogP contribution < -0.4 is 14.8 Å². The molecule has 0 fully saturated rings. The molecule has 2 N–H and O–H groups in total. The van der Waals surface area contributed by atoms with Crippen LogP contribution in [0.15, 0.2) is 66.9 Å². The maximum atomic E-state index is 11.2. The number of rotatable bonds is 9. The Labute approximate surface area is 165 Å². The standard InChI is InChI=1S/C20H17N3O6/c24-20(25)14-4-9-17(18(13-14)23(26)27)22-15-5-7-16(8-6-15)28-11-12-29-19-3-1-2-10-21-19/h1-10,13,22H,11-12H2,(H,24,25). The van der Waals surface area contributed by atoms with E-state index in [1.807, 2.05) is 6.07 Å². The summed E-state index contributed by atoms with van der Waals surface area (Å²) in [6.45, 7) is 0.657. The summed E-state index contributed by atoms with van der Waals surface area (Å²) in [6.07, 6.45) is 1.64. The summed E-state index contributed by atoms with van der Waals surface area (Å²) in [5.41, 5.74) is 0.307. The van der Waals surface area contributed by atoms with Gasteiger partial charge in [0.1, 0.15) is 24.7 Å². The zero-order valence-corrected chi connectivity index (χ0v) is 15.1. The SMILES string of the molecule is O=C(O)c1ccc(Nc2ccc(OCCOc3ccccn3)cc2)c([N+](=O)[O-])c1. The number of aromatic nitrogens is 1. The van der Waals surface area contributed by atoms with Crippen LogP contribution in [-0.4, -0.2) is 34.2 Å². The molecule has 2 aromatic carbocycles. The molecule has 3 rings (SSSR count). The minimum Gasteiger partial charge on any atom is -0.490 e. The highest BCUT2D eigenvalue weighted by molar-refractivity contribution is 5.90. The summed E-state index contributed by atoms with van der Waals surface area (Å²) in [5, 5.41) is 23.1. The molecular weight excluding hydrogens is 378 g/mol. The maximum absolute atomic E-state index is 11.2. The van der Waals surface area contributed by atoms with E-state index in [0.29, 0.717) is 30.5 Å². The summed E-state index contributed by atoms with van der Waals surface area (Å²) in [5.74, 6) is -0.102. The first-order valence-corrected chi connectivity index (χ1v) is 8.58. The lowest BCUT2D eigenvalue weighted by Gasteiger charge is -2.10. The first kappa shape index (κ1) is 19.6. The highest BCUT2D eigenvalue weighted by Gasteiger charge is 2.17. The van der Waals surface area contributed by atoms with Crippen molar-refractivity contribution >= 4 is 23.0 Å². The molecule has 148 valence electrons. The van der Waals surface area contributed by atoms with Crippen molar-refractivity contribution in [2.75, 3.05) is 18.5 Å². The summed E-state index contributed by atoms with van der Waals surface area (Å²) >= 11 is 0. The monoisotopic (exact) mass is 395 g/mol. The molecule has 1 heterocycles. The molecule has 0 radical (unpaired) electrons. The number of nitro groups is 1. The Morgan fingerprint density at radius 2 is 1.83 bits per heavy atom. The summed E-state index contributed by atoms with van der Waals surface area (Å²) < 4.78 is 11.0. The molecule has 29 heavy (non-hydrogen) atoms. The van der Waals surface area contributed by atoms with Gasteiger partial charge in [0, 0.05) is 24.0 Å². The Kier molecular flexibility index (Phi) is 6.21. The first-order valence-electron chi connectivity index (χ1n) is 8.58. The third kappa shape index (κ3) is 5.42. The number of ether oxygens (including phenoxy) is 2. The lowest BCUT2D eigenvalue weighted by atomic mass is 10.1. The van der Waals surface area contributed by atoms with Gasteiger partial charge in [0.25, 0.3) is 5.69 Å². The number of nitrogens with one attached hydrogen (secondary N) is 1. The number of pyridine rings is 1. The van der Waals surface area contributed by atoms with E-state index in [2.05, 4.69) is 10.3 Å². The molecule has 3 aromatic rings. The number of carbonyl (C=O) groups is 1. The second-order valence-electron chi connectivity index (χ2n) is 5.81. The van der Waals surface area contributed by atoms with Gasteiger partial charge < -0.3 is 19.9 Å². The average molecular weight is 395 g/mol. The second kappa shape index (κ2) is 9.18. The minimum atomic E-state index is -1.23. The maximum Gasteiger partial charge on any atom is 0.335 e. The van der Waals surface area contributed by atoms with Crippen LogP contribution in [0.2, 0.25) is 0 Å². The van der Waals surface area contributed by atoms with Crippen LogP contribution in [0.1, 0.15) is 10.4 Å². The molecule has 9 nitrogen and oxygen atoms in total. The quantitative estimate of drug-likeness (QED) is 0.318. The molecule has 0 aliphatic heterocycles. The van der Waals surface area contributed by atoms with Crippen molar-refractivity contribution in [1.29, 1.82) is 0 Å². The number of aromatic carboxylic acids is 1. The molecule has 0 unspecified atom stereocenters. The van der Waals surface area contributed by atoms with Gasteiger partial charge in [-0.05, 0) is 42.5 Å². The largest absolute Gasteiger partial charge is 0.490 e. The fourth-order valence-electron chi connectivity index (χ4n) is 2.45. The number of benzene rings is 2. The van der Waals surface area contributed by atoms with Crippen LogP contribution in [0.25, 0.3) is 0 Å². The van der Waals surface area contributed by atoms with Gasteiger partial charge in [0.2, 0.25) is 5.88 Å². The molecule has 0 amide bonds. The molecule has 1 aromatic heterocycles. The topological polar surface area (TPSA) is 124 Å². The van der Waals surface area contributed by atoms with Crippen LogP contribution in [0, 0.1) is 10.1 Å². The second-order valence-corrected chi connectivity index (χ2v) is 5.81. The Balaban J connectivity index is 1.58. The number of carboxylic acid groups (broad SMARTS) is 1. The number of hydrogen-bond acceptors (Lipinski definition) is 7. The van der Waals surface area contributed by atoms with Crippen molar-refractivity contribution in [2.24, 2.45) is 0 Å². The molecule has 0 spiro atoms.